The van der Waals surface area contributed by atoms with Crippen molar-refractivity contribution in [3.63, 3.8) is 0 Å². The summed E-state index contributed by atoms with van der Waals surface area (Å²) < 4.78 is 5.22. The van der Waals surface area contributed by atoms with Gasteiger partial charge in [-0.05, 0) is 37.0 Å². The maximum Gasteiger partial charge on any atom is 0.331 e. The van der Waals surface area contributed by atoms with E-state index >= 15 is 0 Å². The number of rotatable bonds is 6. The van der Waals surface area contributed by atoms with Crippen molar-refractivity contribution in [2.75, 3.05) is 0 Å². The molecule has 104 valence electrons. The van der Waals surface area contributed by atoms with Crippen LogP contribution >= 0.6 is 0 Å². The Kier molecular flexibility index (Phi) is 4.51. The SMILES string of the molecule is C=C(C(C)=O)[C@@H](CCc1ccccc1)[C@@H]1C=CC(=O)O1. The lowest BCUT2D eigenvalue weighted by Crippen LogP contribution is -2.25. The van der Waals surface area contributed by atoms with E-state index in [1.54, 1.807) is 6.08 Å². The Balaban J connectivity index is 2.07. The summed E-state index contributed by atoms with van der Waals surface area (Å²) in [6.07, 6.45) is 4.30. The van der Waals surface area contributed by atoms with Gasteiger partial charge in [-0.1, -0.05) is 36.9 Å². The summed E-state index contributed by atoms with van der Waals surface area (Å²) in [5, 5.41) is 0. The topological polar surface area (TPSA) is 43.4 Å². The molecule has 0 aliphatic carbocycles. The fourth-order valence-electron chi connectivity index (χ4n) is 2.37. The second-order valence-electron chi connectivity index (χ2n) is 4.97. The molecular formula is C17H18O3. The number of ether oxygens (including phenoxy) is 1. The molecule has 0 unspecified atom stereocenters. The maximum absolute atomic E-state index is 11.6. The zero-order chi connectivity index (χ0) is 14.5. The van der Waals surface area contributed by atoms with Crippen LogP contribution in [0, 0.1) is 5.92 Å². The molecule has 1 heterocycles. The summed E-state index contributed by atoms with van der Waals surface area (Å²) >= 11 is 0. The van der Waals surface area contributed by atoms with Crippen LogP contribution in [0.25, 0.3) is 0 Å². The standard InChI is InChI=1S/C17H18O3/c1-12(13(2)18)15(16-10-11-17(19)20-16)9-8-14-6-4-3-5-7-14/h3-7,10-11,15-16H,1,8-9H2,2H3/t15-,16+/m1/s1. The zero-order valence-corrected chi connectivity index (χ0v) is 11.5. The number of cyclic esters (lactones) is 1. The van der Waals surface area contributed by atoms with Crippen molar-refractivity contribution in [1.82, 2.24) is 0 Å². The van der Waals surface area contributed by atoms with E-state index in [-0.39, 0.29) is 23.8 Å². The molecule has 0 aromatic heterocycles. The fourth-order valence-corrected chi connectivity index (χ4v) is 2.37. The highest BCUT2D eigenvalue weighted by Crippen LogP contribution is 2.27. The number of hydrogen-bond donors (Lipinski definition) is 0. The van der Waals surface area contributed by atoms with Gasteiger partial charge in [-0.2, -0.15) is 0 Å². The minimum Gasteiger partial charge on any atom is -0.454 e. The van der Waals surface area contributed by atoms with Gasteiger partial charge in [0.25, 0.3) is 0 Å². The highest BCUT2D eigenvalue weighted by Gasteiger charge is 2.29. The maximum atomic E-state index is 11.6. The summed E-state index contributed by atoms with van der Waals surface area (Å²) in [5.41, 5.74) is 1.72. The van der Waals surface area contributed by atoms with Crippen LogP contribution in [0.1, 0.15) is 18.9 Å². The lowest BCUT2D eigenvalue weighted by molar-refractivity contribution is -0.140. The van der Waals surface area contributed by atoms with Crippen molar-refractivity contribution < 1.29 is 14.3 Å². The van der Waals surface area contributed by atoms with E-state index in [4.69, 9.17) is 4.74 Å². The van der Waals surface area contributed by atoms with Gasteiger partial charge in [0, 0.05) is 12.0 Å². The van der Waals surface area contributed by atoms with E-state index in [1.165, 1.54) is 18.6 Å². The van der Waals surface area contributed by atoms with E-state index in [0.717, 1.165) is 12.8 Å². The van der Waals surface area contributed by atoms with Crippen molar-refractivity contribution in [2.45, 2.75) is 25.9 Å². The highest BCUT2D eigenvalue weighted by atomic mass is 16.5. The lowest BCUT2D eigenvalue weighted by Gasteiger charge is -2.22. The van der Waals surface area contributed by atoms with E-state index in [1.807, 2.05) is 30.3 Å². The number of carbonyl (C=O) groups excluding carboxylic acids is 2. The van der Waals surface area contributed by atoms with Crippen molar-refractivity contribution in [2.24, 2.45) is 5.92 Å². The molecule has 2 rings (SSSR count). The molecule has 0 bridgehead atoms. The molecule has 1 aromatic rings. The first-order valence-electron chi connectivity index (χ1n) is 6.70. The lowest BCUT2D eigenvalue weighted by atomic mass is 9.86. The van der Waals surface area contributed by atoms with Gasteiger partial charge in [0.2, 0.25) is 0 Å². The number of esters is 1. The van der Waals surface area contributed by atoms with Gasteiger partial charge in [-0.3, -0.25) is 4.79 Å². The van der Waals surface area contributed by atoms with Gasteiger partial charge in [-0.15, -0.1) is 0 Å². The second-order valence-corrected chi connectivity index (χ2v) is 4.97. The molecule has 0 saturated heterocycles. The average molecular weight is 270 g/mol. The molecular weight excluding hydrogens is 252 g/mol. The monoisotopic (exact) mass is 270 g/mol. The van der Waals surface area contributed by atoms with Gasteiger partial charge >= 0.3 is 5.97 Å². The number of hydrogen-bond acceptors (Lipinski definition) is 3. The van der Waals surface area contributed by atoms with Crippen molar-refractivity contribution in [3.05, 3.63) is 60.2 Å². The Morgan fingerprint density at radius 1 is 1.35 bits per heavy atom. The quantitative estimate of drug-likeness (QED) is 0.589. The van der Waals surface area contributed by atoms with Crippen LogP contribution in [0.4, 0.5) is 0 Å². The molecule has 20 heavy (non-hydrogen) atoms. The van der Waals surface area contributed by atoms with Crippen LogP contribution in [0.5, 0.6) is 0 Å². The number of ketones is 1. The second kappa shape index (κ2) is 6.33. The van der Waals surface area contributed by atoms with Crippen LogP contribution in [-0.2, 0) is 20.7 Å². The summed E-state index contributed by atoms with van der Waals surface area (Å²) in [6.45, 7) is 5.36. The van der Waals surface area contributed by atoms with Gasteiger partial charge in [0.1, 0.15) is 6.10 Å². The van der Waals surface area contributed by atoms with Crippen molar-refractivity contribution in [1.29, 1.82) is 0 Å². The predicted octanol–water partition coefficient (Wildman–Crippen LogP) is 2.86. The van der Waals surface area contributed by atoms with Crippen LogP contribution in [-0.4, -0.2) is 17.9 Å². The first-order chi connectivity index (χ1) is 9.58. The first-order valence-corrected chi connectivity index (χ1v) is 6.70. The molecule has 2 atom stereocenters. The largest absolute Gasteiger partial charge is 0.454 e. The fraction of sp³-hybridized carbons (Fsp3) is 0.294. The van der Waals surface area contributed by atoms with Gasteiger partial charge < -0.3 is 4.74 Å². The smallest absolute Gasteiger partial charge is 0.331 e. The summed E-state index contributed by atoms with van der Waals surface area (Å²) in [4.78, 5) is 22.8. The third-order valence-corrected chi connectivity index (χ3v) is 3.56. The molecule has 0 amide bonds. The number of benzene rings is 1. The molecule has 1 aromatic carbocycles. The van der Waals surface area contributed by atoms with Crippen LogP contribution in [0.2, 0.25) is 0 Å². The molecule has 3 heteroatoms. The van der Waals surface area contributed by atoms with E-state index < -0.39 is 0 Å². The Morgan fingerprint density at radius 3 is 2.60 bits per heavy atom. The minimum absolute atomic E-state index is 0.0561. The number of carbonyl (C=O) groups is 2. The van der Waals surface area contributed by atoms with E-state index in [9.17, 15) is 9.59 Å². The van der Waals surface area contributed by atoms with Gasteiger partial charge in [0.15, 0.2) is 5.78 Å². The molecule has 1 aliphatic rings. The first kappa shape index (κ1) is 14.3. The normalized spacial score (nSPS) is 18.6. The van der Waals surface area contributed by atoms with Crippen molar-refractivity contribution >= 4 is 11.8 Å². The summed E-state index contributed by atoms with van der Waals surface area (Å²) in [5.74, 6) is -0.564. The third-order valence-electron chi connectivity index (χ3n) is 3.56. The predicted molar refractivity (Wildman–Crippen MR) is 77.1 cm³/mol. The number of aryl methyl sites for hydroxylation is 1. The van der Waals surface area contributed by atoms with E-state index in [2.05, 4.69) is 6.58 Å². The zero-order valence-electron chi connectivity index (χ0n) is 11.5. The summed E-state index contributed by atoms with van der Waals surface area (Å²) in [7, 11) is 0. The Morgan fingerprint density at radius 2 is 2.05 bits per heavy atom. The Bertz CT molecular complexity index is 543. The molecule has 0 fully saturated rings. The molecule has 0 radical (unpaired) electrons. The van der Waals surface area contributed by atoms with Crippen LogP contribution in [0.3, 0.4) is 0 Å². The third kappa shape index (κ3) is 3.44. The number of Topliss-reactive ketones (excluding diaryl/α,β-unsaturated/α-hetero) is 1. The highest BCUT2D eigenvalue weighted by molar-refractivity contribution is 5.93. The minimum atomic E-state index is -0.373. The van der Waals surface area contributed by atoms with Crippen LogP contribution in [0.15, 0.2) is 54.6 Å². The van der Waals surface area contributed by atoms with Crippen molar-refractivity contribution in [3.8, 4) is 0 Å². The van der Waals surface area contributed by atoms with E-state index in [0.29, 0.717) is 5.57 Å². The Labute approximate surface area is 118 Å². The van der Waals surface area contributed by atoms with Gasteiger partial charge in [-0.25, -0.2) is 4.79 Å². The van der Waals surface area contributed by atoms with Gasteiger partial charge in [0.05, 0.1) is 0 Å². The molecule has 1 aliphatic heterocycles. The Hall–Kier alpha value is -2.16. The summed E-state index contributed by atoms with van der Waals surface area (Å²) in [6, 6.07) is 10.0. The molecule has 0 N–H and O–H groups in total. The van der Waals surface area contributed by atoms with Crippen LogP contribution < -0.4 is 0 Å². The molecule has 3 nitrogen and oxygen atoms in total. The molecule has 0 saturated carbocycles. The molecule has 0 spiro atoms. The average Bonchev–Trinajstić information content (AvgIpc) is 2.86.